The Kier molecular flexibility index (Phi) is 6.89. The number of hydrogen-bond acceptors (Lipinski definition) is 7. The van der Waals surface area contributed by atoms with Crippen LogP contribution >= 0.6 is 0 Å². The minimum Gasteiger partial charge on any atom is -0.494 e. The Morgan fingerprint density at radius 1 is 1.11 bits per heavy atom. The molecule has 3 rings (SSSR count). The van der Waals surface area contributed by atoms with Gasteiger partial charge in [0.15, 0.2) is 6.61 Å². The third-order valence-electron chi connectivity index (χ3n) is 4.37. The zero-order chi connectivity index (χ0) is 19.8. The molecule has 1 aliphatic heterocycles. The van der Waals surface area contributed by atoms with Crippen molar-refractivity contribution in [2.24, 2.45) is 0 Å². The van der Waals surface area contributed by atoms with Gasteiger partial charge in [0.25, 0.3) is 5.91 Å². The Balaban J connectivity index is 1.42. The summed E-state index contributed by atoms with van der Waals surface area (Å²) >= 11 is 0. The van der Waals surface area contributed by atoms with E-state index in [4.69, 9.17) is 18.9 Å². The number of carbonyl (C=O) groups is 1. The largest absolute Gasteiger partial charge is 0.494 e. The maximum absolute atomic E-state index is 12.4. The molecule has 0 unspecified atom stereocenters. The Labute approximate surface area is 164 Å². The molecule has 1 aromatic carbocycles. The number of rotatable bonds is 8. The van der Waals surface area contributed by atoms with E-state index in [1.807, 2.05) is 19.1 Å². The van der Waals surface area contributed by atoms with E-state index in [9.17, 15) is 4.79 Å². The monoisotopic (exact) mass is 387 g/mol. The van der Waals surface area contributed by atoms with Crippen LogP contribution in [0, 0.1) is 0 Å². The second-order valence-electron chi connectivity index (χ2n) is 6.27. The fraction of sp³-hybridized carbons (Fsp3) is 0.450. The summed E-state index contributed by atoms with van der Waals surface area (Å²) in [6.45, 7) is 3.81. The second kappa shape index (κ2) is 9.77. The van der Waals surface area contributed by atoms with Gasteiger partial charge in [-0.1, -0.05) is 0 Å². The van der Waals surface area contributed by atoms with Gasteiger partial charge >= 0.3 is 6.01 Å². The van der Waals surface area contributed by atoms with Gasteiger partial charge in [0, 0.05) is 38.2 Å². The van der Waals surface area contributed by atoms with E-state index in [0.29, 0.717) is 31.3 Å². The first kappa shape index (κ1) is 19.7. The summed E-state index contributed by atoms with van der Waals surface area (Å²) in [6, 6.07) is 9.23. The predicted octanol–water partition coefficient (Wildman–Crippen LogP) is 2.33. The van der Waals surface area contributed by atoms with Crippen LogP contribution in [-0.4, -0.2) is 60.3 Å². The number of amides is 1. The summed E-state index contributed by atoms with van der Waals surface area (Å²) in [5, 5.41) is 0. The highest BCUT2D eigenvalue weighted by molar-refractivity contribution is 5.77. The van der Waals surface area contributed by atoms with Crippen LogP contribution in [0.15, 0.2) is 36.5 Å². The summed E-state index contributed by atoms with van der Waals surface area (Å²) in [5.41, 5.74) is 0. The molecule has 8 nitrogen and oxygen atoms in total. The van der Waals surface area contributed by atoms with Crippen LogP contribution in [0.5, 0.6) is 23.4 Å². The lowest BCUT2D eigenvalue weighted by atomic mass is 10.1. The van der Waals surface area contributed by atoms with E-state index in [0.717, 1.165) is 18.6 Å². The molecule has 0 bridgehead atoms. The molecule has 0 aliphatic carbocycles. The van der Waals surface area contributed by atoms with Gasteiger partial charge in [0.05, 0.1) is 13.7 Å². The van der Waals surface area contributed by atoms with Crippen LogP contribution in [0.2, 0.25) is 0 Å². The molecule has 0 spiro atoms. The smallest absolute Gasteiger partial charge is 0.319 e. The summed E-state index contributed by atoms with van der Waals surface area (Å²) < 4.78 is 21.9. The van der Waals surface area contributed by atoms with E-state index in [1.165, 1.54) is 7.11 Å². The molecule has 1 aliphatic rings. The van der Waals surface area contributed by atoms with E-state index < -0.39 is 0 Å². The normalized spacial score (nSPS) is 14.4. The van der Waals surface area contributed by atoms with Gasteiger partial charge in [-0.15, -0.1) is 0 Å². The van der Waals surface area contributed by atoms with Crippen molar-refractivity contribution in [3.8, 4) is 23.4 Å². The Morgan fingerprint density at radius 2 is 1.79 bits per heavy atom. The van der Waals surface area contributed by atoms with E-state index in [2.05, 4.69) is 9.97 Å². The summed E-state index contributed by atoms with van der Waals surface area (Å²) in [5.74, 6) is 1.88. The quantitative estimate of drug-likeness (QED) is 0.687. The molecule has 1 saturated heterocycles. The van der Waals surface area contributed by atoms with E-state index >= 15 is 0 Å². The SMILES string of the molecule is CCOc1ccc(OCC(=O)N2CCC(Oc3ccnc(OC)n3)CC2)cc1. The predicted molar refractivity (Wildman–Crippen MR) is 102 cm³/mol. The first-order valence-corrected chi connectivity index (χ1v) is 9.35. The second-order valence-corrected chi connectivity index (χ2v) is 6.27. The number of piperidine rings is 1. The average molecular weight is 387 g/mol. The Morgan fingerprint density at radius 3 is 2.43 bits per heavy atom. The highest BCUT2D eigenvalue weighted by Crippen LogP contribution is 2.20. The van der Waals surface area contributed by atoms with Crippen LogP contribution < -0.4 is 18.9 Å². The fourth-order valence-corrected chi connectivity index (χ4v) is 2.92. The first-order chi connectivity index (χ1) is 13.7. The van der Waals surface area contributed by atoms with E-state index in [-0.39, 0.29) is 24.6 Å². The van der Waals surface area contributed by atoms with Gasteiger partial charge in [-0.3, -0.25) is 4.79 Å². The molecule has 0 atom stereocenters. The lowest BCUT2D eigenvalue weighted by molar-refractivity contribution is -0.135. The summed E-state index contributed by atoms with van der Waals surface area (Å²) in [6.07, 6.45) is 3.08. The molecular weight excluding hydrogens is 362 g/mol. The molecule has 2 aromatic rings. The van der Waals surface area contributed by atoms with Gasteiger partial charge in [-0.25, -0.2) is 4.98 Å². The summed E-state index contributed by atoms with van der Waals surface area (Å²) in [7, 11) is 1.51. The lowest BCUT2D eigenvalue weighted by Gasteiger charge is -2.31. The maximum atomic E-state index is 12.4. The fourth-order valence-electron chi connectivity index (χ4n) is 2.92. The van der Waals surface area contributed by atoms with Crippen molar-refractivity contribution in [2.75, 3.05) is 33.4 Å². The van der Waals surface area contributed by atoms with Crippen molar-refractivity contribution in [1.29, 1.82) is 0 Å². The van der Waals surface area contributed by atoms with Crippen molar-refractivity contribution < 1.29 is 23.7 Å². The lowest BCUT2D eigenvalue weighted by Crippen LogP contribution is -2.43. The highest BCUT2D eigenvalue weighted by atomic mass is 16.5. The Hall–Kier alpha value is -3.03. The molecule has 8 heteroatoms. The third-order valence-corrected chi connectivity index (χ3v) is 4.37. The van der Waals surface area contributed by atoms with Crippen molar-refractivity contribution in [2.45, 2.75) is 25.9 Å². The number of benzene rings is 1. The van der Waals surface area contributed by atoms with Crippen molar-refractivity contribution in [3.05, 3.63) is 36.5 Å². The van der Waals surface area contributed by atoms with Crippen LogP contribution in [0.3, 0.4) is 0 Å². The maximum Gasteiger partial charge on any atom is 0.319 e. The van der Waals surface area contributed by atoms with Crippen LogP contribution in [0.1, 0.15) is 19.8 Å². The first-order valence-electron chi connectivity index (χ1n) is 9.35. The minimum absolute atomic E-state index is 0.00989. The molecule has 28 heavy (non-hydrogen) atoms. The van der Waals surface area contributed by atoms with Crippen LogP contribution in [0.25, 0.3) is 0 Å². The number of aromatic nitrogens is 2. The van der Waals surface area contributed by atoms with Gasteiger partial charge in [0.1, 0.15) is 17.6 Å². The summed E-state index contributed by atoms with van der Waals surface area (Å²) in [4.78, 5) is 22.3. The molecule has 1 aromatic heterocycles. The van der Waals surface area contributed by atoms with Gasteiger partial charge in [-0.05, 0) is 31.2 Å². The number of hydrogen-bond donors (Lipinski definition) is 0. The van der Waals surface area contributed by atoms with Gasteiger partial charge in [0.2, 0.25) is 5.88 Å². The molecule has 0 saturated carbocycles. The van der Waals surface area contributed by atoms with Gasteiger partial charge in [-0.2, -0.15) is 4.98 Å². The standard InChI is InChI=1S/C20H25N3O5/c1-3-26-15-4-6-16(7-5-15)27-14-19(24)23-12-9-17(10-13-23)28-18-8-11-21-20(22-18)25-2/h4-8,11,17H,3,9-10,12-14H2,1-2H3. The van der Waals surface area contributed by atoms with Crippen molar-refractivity contribution in [1.82, 2.24) is 14.9 Å². The number of carbonyl (C=O) groups excluding carboxylic acids is 1. The van der Waals surface area contributed by atoms with Gasteiger partial charge < -0.3 is 23.8 Å². The molecular formula is C20H25N3O5. The molecule has 150 valence electrons. The zero-order valence-corrected chi connectivity index (χ0v) is 16.2. The molecule has 0 N–H and O–H groups in total. The molecule has 0 radical (unpaired) electrons. The topological polar surface area (TPSA) is 83.0 Å². The zero-order valence-electron chi connectivity index (χ0n) is 16.2. The molecule has 2 heterocycles. The molecule has 1 amide bonds. The van der Waals surface area contributed by atoms with Crippen molar-refractivity contribution >= 4 is 5.91 Å². The minimum atomic E-state index is -0.0314. The van der Waals surface area contributed by atoms with E-state index in [1.54, 1.807) is 29.3 Å². The van der Waals surface area contributed by atoms with Crippen LogP contribution in [0.4, 0.5) is 0 Å². The number of methoxy groups -OCH3 is 1. The van der Waals surface area contributed by atoms with Crippen LogP contribution in [-0.2, 0) is 4.79 Å². The number of nitrogens with zero attached hydrogens (tertiary/aromatic N) is 3. The Bertz CT molecular complexity index is 761. The number of likely N-dealkylation sites (tertiary alicyclic amines) is 1. The third kappa shape index (κ3) is 5.48. The molecule has 1 fully saturated rings. The average Bonchev–Trinajstić information content (AvgIpc) is 2.74. The highest BCUT2D eigenvalue weighted by Gasteiger charge is 2.24. The van der Waals surface area contributed by atoms with Crippen molar-refractivity contribution in [3.63, 3.8) is 0 Å². The number of ether oxygens (including phenoxy) is 4.